The van der Waals surface area contributed by atoms with Gasteiger partial charge in [-0.3, -0.25) is 4.79 Å². The second-order valence-electron chi connectivity index (χ2n) is 6.64. The van der Waals surface area contributed by atoms with Crippen LogP contribution in [0.15, 0.2) is 18.2 Å². The Morgan fingerprint density at radius 1 is 1.14 bits per heavy atom. The molecule has 8 heteroatoms. The molecule has 0 unspecified atom stereocenters. The molecule has 1 atom stereocenters. The maximum Gasteiger partial charge on any atom is 0.228 e. The predicted octanol–water partition coefficient (Wildman–Crippen LogP) is 2.22. The number of carbonyl (C=O) groups excluding carboxylic acids is 1. The zero-order valence-electron chi connectivity index (χ0n) is 18.2. The second kappa shape index (κ2) is 14.2. The number of carbonyl (C=O) groups is 1. The fourth-order valence-electron chi connectivity index (χ4n) is 2.75. The van der Waals surface area contributed by atoms with E-state index in [0.29, 0.717) is 18.1 Å². The van der Waals surface area contributed by atoms with Crippen LogP contribution in [0.1, 0.15) is 31.7 Å². The summed E-state index contributed by atoms with van der Waals surface area (Å²) in [4.78, 5) is 14.4. The van der Waals surface area contributed by atoms with Crippen LogP contribution < -0.4 is 9.47 Å². The van der Waals surface area contributed by atoms with E-state index in [1.54, 1.807) is 31.3 Å². The summed E-state index contributed by atoms with van der Waals surface area (Å²) in [5.41, 5.74) is 0.798. The molecule has 1 aromatic carbocycles. The number of aliphatic hydroxyl groups excluding tert-OH is 1. The molecule has 1 rings (SSSR count). The summed E-state index contributed by atoms with van der Waals surface area (Å²) in [6.45, 7) is 3.22. The fourth-order valence-corrected chi connectivity index (χ4v) is 2.75. The van der Waals surface area contributed by atoms with Crippen molar-refractivity contribution in [3.05, 3.63) is 23.8 Å². The number of methoxy groups -OCH3 is 4. The third kappa shape index (κ3) is 8.99. The molecular formula is C21H35NO7. The Balaban J connectivity index is 2.90. The quantitative estimate of drug-likeness (QED) is 0.348. The number of ether oxygens (including phenoxy) is 5. The number of unbranched alkanes of at least 4 members (excludes halogenated alkanes) is 1. The minimum absolute atomic E-state index is 0.0366. The molecule has 1 aromatic rings. The van der Waals surface area contributed by atoms with E-state index in [2.05, 4.69) is 6.92 Å². The van der Waals surface area contributed by atoms with Gasteiger partial charge in [0.05, 0.1) is 33.4 Å². The van der Waals surface area contributed by atoms with Crippen molar-refractivity contribution >= 4 is 5.91 Å². The van der Waals surface area contributed by atoms with Crippen LogP contribution in [0.2, 0.25) is 0 Å². The van der Waals surface area contributed by atoms with Crippen LogP contribution in [0.25, 0.3) is 0 Å². The van der Waals surface area contributed by atoms with Crippen LogP contribution in [-0.4, -0.2) is 76.5 Å². The van der Waals surface area contributed by atoms with Crippen LogP contribution in [0.4, 0.5) is 0 Å². The summed E-state index contributed by atoms with van der Waals surface area (Å²) in [5, 5.41) is 10.4. The van der Waals surface area contributed by atoms with Gasteiger partial charge in [-0.1, -0.05) is 13.3 Å². The molecule has 0 aliphatic rings. The van der Waals surface area contributed by atoms with Crippen molar-refractivity contribution in [2.45, 2.75) is 45.1 Å². The zero-order chi connectivity index (χ0) is 21.6. The van der Waals surface area contributed by atoms with Crippen molar-refractivity contribution in [2.24, 2.45) is 0 Å². The summed E-state index contributed by atoms with van der Waals surface area (Å²) in [6, 6.07) is 5.40. The molecule has 0 saturated heterocycles. The van der Waals surface area contributed by atoms with Gasteiger partial charge >= 0.3 is 0 Å². The Morgan fingerprint density at radius 2 is 1.86 bits per heavy atom. The summed E-state index contributed by atoms with van der Waals surface area (Å²) < 4.78 is 26.4. The largest absolute Gasteiger partial charge is 0.497 e. The Labute approximate surface area is 173 Å². The van der Waals surface area contributed by atoms with E-state index in [1.807, 2.05) is 6.07 Å². The third-order valence-electron chi connectivity index (χ3n) is 4.46. The topological polar surface area (TPSA) is 86.7 Å². The number of aliphatic hydroxyl groups is 1. The molecule has 0 bridgehead atoms. The van der Waals surface area contributed by atoms with E-state index in [1.165, 1.54) is 14.2 Å². The number of rotatable bonds is 15. The number of hydrogen-bond acceptors (Lipinski definition) is 7. The molecule has 0 heterocycles. The highest BCUT2D eigenvalue weighted by Gasteiger charge is 2.23. The van der Waals surface area contributed by atoms with Crippen LogP contribution >= 0.6 is 0 Å². The average molecular weight is 414 g/mol. The van der Waals surface area contributed by atoms with Crippen molar-refractivity contribution in [3.63, 3.8) is 0 Å². The SMILES string of the molecule is CCCCOC[C@@H](O)CN(Cc1ccc(OC)cc1OC)C(=O)CC(OC)OC. The van der Waals surface area contributed by atoms with Gasteiger partial charge in [-0.05, 0) is 18.6 Å². The Kier molecular flexibility index (Phi) is 12.3. The van der Waals surface area contributed by atoms with Crippen molar-refractivity contribution < 1.29 is 33.6 Å². The minimum Gasteiger partial charge on any atom is -0.497 e. The number of nitrogens with zero attached hydrogens (tertiary/aromatic N) is 1. The summed E-state index contributed by atoms with van der Waals surface area (Å²) in [5.74, 6) is 1.06. The Bertz CT molecular complexity index is 592. The summed E-state index contributed by atoms with van der Waals surface area (Å²) in [6.07, 6.45) is 0.536. The van der Waals surface area contributed by atoms with E-state index in [0.717, 1.165) is 18.4 Å². The highest BCUT2D eigenvalue weighted by molar-refractivity contribution is 5.76. The lowest BCUT2D eigenvalue weighted by Gasteiger charge is -2.27. The number of amides is 1. The van der Waals surface area contributed by atoms with Gasteiger partial charge in [0.1, 0.15) is 11.5 Å². The van der Waals surface area contributed by atoms with E-state index in [4.69, 9.17) is 23.7 Å². The molecule has 0 fully saturated rings. The Morgan fingerprint density at radius 3 is 2.45 bits per heavy atom. The fraction of sp³-hybridized carbons (Fsp3) is 0.667. The van der Waals surface area contributed by atoms with Crippen LogP contribution in [0.5, 0.6) is 11.5 Å². The highest BCUT2D eigenvalue weighted by Crippen LogP contribution is 2.26. The zero-order valence-corrected chi connectivity index (χ0v) is 18.2. The lowest BCUT2D eigenvalue weighted by molar-refractivity contribution is -0.150. The summed E-state index contributed by atoms with van der Waals surface area (Å²) >= 11 is 0. The molecule has 0 aliphatic heterocycles. The van der Waals surface area contributed by atoms with Gasteiger partial charge in [0.2, 0.25) is 5.91 Å². The first-order valence-electron chi connectivity index (χ1n) is 9.79. The first-order valence-corrected chi connectivity index (χ1v) is 9.79. The molecule has 1 N–H and O–H groups in total. The predicted molar refractivity (Wildman–Crippen MR) is 109 cm³/mol. The second-order valence-corrected chi connectivity index (χ2v) is 6.64. The van der Waals surface area contributed by atoms with Crippen LogP contribution in [-0.2, 0) is 25.5 Å². The van der Waals surface area contributed by atoms with Crippen LogP contribution in [0.3, 0.4) is 0 Å². The van der Waals surface area contributed by atoms with Gasteiger partial charge in [0.25, 0.3) is 0 Å². The molecule has 0 spiro atoms. The smallest absolute Gasteiger partial charge is 0.228 e. The van der Waals surface area contributed by atoms with Gasteiger partial charge in [-0.15, -0.1) is 0 Å². The van der Waals surface area contributed by atoms with E-state index in [9.17, 15) is 9.90 Å². The summed E-state index contributed by atoms with van der Waals surface area (Å²) in [7, 11) is 6.10. The lowest BCUT2D eigenvalue weighted by atomic mass is 10.1. The molecule has 8 nitrogen and oxygen atoms in total. The number of benzene rings is 1. The van der Waals surface area contributed by atoms with Crippen molar-refractivity contribution in [2.75, 3.05) is 48.2 Å². The first kappa shape index (κ1) is 25.2. The van der Waals surface area contributed by atoms with Gasteiger partial charge in [0, 0.05) is 45.5 Å². The lowest BCUT2D eigenvalue weighted by Crippen LogP contribution is -2.40. The first-order chi connectivity index (χ1) is 14.0. The molecule has 0 aliphatic carbocycles. The van der Waals surface area contributed by atoms with Gasteiger partial charge < -0.3 is 33.7 Å². The molecule has 0 aromatic heterocycles. The van der Waals surface area contributed by atoms with E-state index < -0.39 is 12.4 Å². The van der Waals surface area contributed by atoms with Crippen molar-refractivity contribution in [3.8, 4) is 11.5 Å². The minimum atomic E-state index is -0.802. The molecule has 0 radical (unpaired) electrons. The highest BCUT2D eigenvalue weighted by atomic mass is 16.7. The van der Waals surface area contributed by atoms with Crippen LogP contribution in [0, 0.1) is 0 Å². The normalized spacial score (nSPS) is 12.1. The average Bonchev–Trinajstić information content (AvgIpc) is 2.74. The van der Waals surface area contributed by atoms with Gasteiger partial charge in [0.15, 0.2) is 6.29 Å². The molecular weight excluding hydrogens is 378 g/mol. The third-order valence-corrected chi connectivity index (χ3v) is 4.46. The molecule has 166 valence electrons. The van der Waals surface area contributed by atoms with E-state index >= 15 is 0 Å². The van der Waals surface area contributed by atoms with Gasteiger partial charge in [-0.25, -0.2) is 0 Å². The maximum absolute atomic E-state index is 12.9. The van der Waals surface area contributed by atoms with E-state index in [-0.39, 0.29) is 32.0 Å². The molecule has 29 heavy (non-hydrogen) atoms. The Hall–Kier alpha value is -1.87. The molecule has 0 saturated carbocycles. The van der Waals surface area contributed by atoms with Gasteiger partial charge in [-0.2, -0.15) is 0 Å². The molecule has 1 amide bonds. The monoisotopic (exact) mass is 413 g/mol. The van der Waals surface area contributed by atoms with Crippen molar-refractivity contribution in [1.82, 2.24) is 4.90 Å². The van der Waals surface area contributed by atoms with Crippen molar-refractivity contribution in [1.29, 1.82) is 0 Å². The standard InChI is InChI=1S/C21H35NO7/c1-6-7-10-29-15-17(23)14-22(20(24)12-21(27-4)28-5)13-16-8-9-18(25-2)11-19(16)26-3/h8-9,11,17,21,23H,6-7,10,12-15H2,1-5H3/t17-/m0/s1. The number of hydrogen-bond donors (Lipinski definition) is 1. The maximum atomic E-state index is 12.9.